The molecule has 1 heterocycles. The first-order valence-electron chi connectivity index (χ1n) is 9.90. The van der Waals surface area contributed by atoms with Gasteiger partial charge in [0.25, 0.3) is 0 Å². The van der Waals surface area contributed by atoms with E-state index in [2.05, 4.69) is 5.32 Å². The van der Waals surface area contributed by atoms with Crippen LogP contribution in [0.5, 0.6) is 0 Å². The van der Waals surface area contributed by atoms with Crippen LogP contribution >= 0.6 is 23.2 Å². The van der Waals surface area contributed by atoms with Gasteiger partial charge in [0.05, 0.1) is 17.6 Å². The predicted octanol–water partition coefficient (Wildman–Crippen LogP) is 3.83. The molecule has 162 valence electrons. The number of hydrogen-bond donors (Lipinski definition) is 1. The smallest absolute Gasteiger partial charge is 0.317 e. The fraction of sp³-hybridized carbons (Fsp3) is 0.125. The number of aromatic nitrogens is 2. The lowest BCUT2D eigenvalue weighted by atomic mass is 10.2. The number of carbonyl (C=O) groups is 1. The predicted molar refractivity (Wildman–Crippen MR) is 126 cm³/mol. The van der Waals surface area contributed by atoms with Gasteiger partial charge in [-0.15, -0.1) is 0 Å². The van der Waals surface area contributed by atoms with Crippen LogP contribution in [0, 0.1) is 0 Å². The van der Waals surface area contributed by atoms with E-state index in [1.807, 2.05) is 30.3 Å². The molecular weight excluding hydrogens is 449 g/mol. The fourth-order valence-electron chi connectivity index (χ4n) is 3.47. The highest BCUT2D eigenvalue weighted by Gasteiger charge is 2.16. The molecule has 1 aromatic heterocycles. The normalized spacial score (nSPS) is 10.9. The topological polar surface area (TPSA) is 73.1 Å². The Morgan fingerprint density at radius 2 is 1.41 bits per heavy atom. The molecule has 0 bridgehead atoms. The van der Waals surface area contributed by atoms with Crippen molar-refractivity contribution in [2.24, 2.45) is 0 Å². The second kappa shape index (κ2) is 9.42. The molecule has 0 aliphatic rings. The van der Waals surface area contributed by atoms with Gasteiger partial charge < -0.3 is 5.32 Å². The maximum absolute atomic E-state index is 12.9. The summed E-state index contributed by atoms with van der Waals surface area (Å²) < 4.78 is 2.58. The zero-order chi connectivity index (χ0) is 22.7. The maximum Gasteiger partial charge on any atom is 0.317 e. The number of amides is 1. The molecule has 0 unspecified atom stereocenters. The summed E-state index contributed by atoms with van der Waals surface area (Å²) in [7, 11) is 0. The second-order valence-electron chi connectivity index (χ2n) is 7.30. The van der Waals surface area contributed by atoms with Crippen molar-refractivity contribution in [1.29, 1.82) is 0 Å². The number of nitrogens with zero attached hydrogens (tertiary/aromatic N) is 2. The van der Waals surface area contributed by atoms with Crippen LogP contribution in [0.1, 0.15) is 11.1 Å². The van der Waals surface area contributed by atoms with Crippen molar-refractivity contribution in [2.45, 2.75) is 19.6 Å². The highest BCUT2D eigenvalue weighted by molar-refractivity contribution is 6.31. The summed E-state index contributed by atoms with van der Waals surface area (Å²) in [6, 6.07) is 21.4. The van der Waals surface area contributed by atoms with Gasteiger partial charge in [-0.1, -0.05) is 65.7 Å². The molecule has 0 aliphatic heterocycles. The Morgan fingerprint density at radius 3 is 2.12 bits per heavy atom. The molecule has 1 N–H and O–H groups in total. The molecule has 0 fully saturated rings. The zero-order valence-electron chi connectivity index (χ0n) is 16.9. The van der Waals surface area contributed by atoms with Crippen molar-refractivity contribution in [2.75, 3.05) is 0 Å². The van der Waals surface area contributed by atoms with Crippen LogP contribution in [0.2, 0.25) is 10.0 Å². The number of hydrogen-bond acceptors (Lipinski definition) is 3. The van der Waals surface area contributed by atoms with Crippen LogP contribution in [-0.2, 0) is 24.4 Å². The third kappa shape index (κ3) is 4.77. The third-order valence-corrected chi connectivity index (χ3v) is 5.57. The summed E-state index contributed by atoms with van der Waals surface area (Å²) in [6.45, 7) is 0.204. The van der Waals surface area contributed by atoms with Gasteiger partial charge in [-0.2, -0.15) is 0 Å². The van der Waals surface area contributed by atoms with E-state index in [0.29, 0.717) is 21.1 Å². The van der Waals surface area contributed by atoms with Gasteiger partial charge in [0.2, 0.25) is 5.91 Å². The monoisotopic (exact) mass is 467 g/mol. The minimum absolute atomic E-state index is 0.233. The first kappa shape index (κ1) is 21.9. The van der Waals surface area contributed by atoms with Gasteiger partial charge in [-0.25, -0.2) is 0 Å². The molecule has 0 aliphatic carbocycles. The number of benzene rings is 3. The number of rotatable bonds is 6. The molecule has 0 spiro atoms. The molecule has 0 saturated heterocycles. The van der Waals surface area contributed by atoms with E-state index in [0.717, 1.165) is 11.1 Å². The molecule has 0 saturated carbocycles. The average molecular weight is 468 g/mol. The van der Waals surface area contributed by atoms with Gasteiger partial charge in [0.1, 0.15) is 6.54 Å². The maximum atomic E-state index is 12.9. The van der Waals surface area contributed by atoms with Crippen molar-refractivity contribution in [3.05, 3.63) is 115 Å². The van der Waals surface area contributed by atoms with E-state index < -0.39 is 17.0 Å². The van der Waals surface area contributed by atoms with Crippen LogP contribution in [0.4, 0.5) is 0 Å². The van der Waals surface area contributed by atoms with Crippen LogP contribution < -0.4 is 16.4 Å². The molecule has 6 nitrogen and oxygen atoms in total. The average Bonchev–Trinajstić information content (AvgIpc) is 2.80. The van der Waals surface area contributed by atoms with E-state index in [4.69, 9.17) is 23.2 Å². The first-order chi connectivity index (χ1) is 15.4. The lowest BCUT2D eigenvalue weighted by Crippen LogP contribution is -2.44. The molecule has 4 aromatic rings. The van der Waals surface area contributed by atoms with Crippen molar-refractivity contribution >= 4 is 40.1 Å². The van der Waals surface area contributed by atoms with Gasteiger partial charge in [-0.3, -0.25) is 23.5 Å². The highest BCUT2D eigenvalue weighted by Crippen LogP contribution is 2.18. The second-order valence-corrected chi connectivity index (χ2v) is 8.18. The molecule has 1 amide bonds. The van der Waals surface area contributed by atoms with Crippen LogP contribution in [-0.4, -0.2) is 15.0 Å². The third-order valence-electron chi connectivity index (χ3n) is 5.08. The lowest BCUT2D eigenvalue weighted by Gasteiger charge is -2.15. The number of halogens is 2. The van der Waals surface area contributed by atoms with E-state index in [9.17, 15) is 14.4 Å². The fourth-order valence-corrected chi connectivity index (χ4v) is 3.77. The molecule has 4 rings (SSSR count). The minimum atomic E-state index is -0.780. The van der Waals surface area contributed by atoms with Crippen molar-refractivity contribution in [3.8, 4) is 0 Å². The van der Waals surface area contributed by atoms with Crippen LogP contribution in [0.15, 0.2) is 82.4 Å². The minimum Gasteiger partial charge on any atom is -0.350 e. The largest absolute Gasteiger partial charge is 0.350 e. The standard InChI is InChI=1S/C24H19Cl2N3O3/c25-18-8-6-16(7-9-18)13-27-22(30)15-29-21-12-19(26)10-11-20(21)28(23(31)24(29)32)14-17-4-2-1-3-5-17/h1-12H,13-15H2,(H,27,30). The van der Waals surface area contributed by atoms with Crippen LogP contribution in [0.3, 0.4) is 0 Å². The SMILES string of the molecule is O=C(Cn1c(=O)c(=O)n(Cc2ccccc2)c2ccc(Cl)cc21)NCc1ccc(Cl)cc1. The lowest BCUT2D eigenvalue weighted by molar-refractivity contribution is -0.121. The Kier molecular flexibility index (Phi) is 6.44. The van der Waals surface area contributed by atoms with Gasteiger partial charge >= 0.3 is 11.1 Å². The Hall–Kier alpha value is -3.35. The summed E-state index contributed by atoms with van der Waals surface area (Å²) in [5.74, 6) is -0.400. The Morgan fingerprint density at radius 1 is 0.750 bits per heavy atom. The Balaban J connectivity index is 1.67. The van der Waals surface area contributed by atoms with Crippen molar-refractivity contribution < 1.29 is 4.79 Å². The number of carbonyl (C=O) groups excluding carboxylic acids is 1. The summed E-state index contributed by atoms with van der Waals surface area (Å²) in [5.41, 5.74) is 1.20. The highest BCUT2D eigenvalue weighted by atomic mass is 35.5. The van der Waals surface area contributed by atoms with Gasteiger partial charge in [0, 0.05) is 16.6 Å². The van der Waals surface area contributed by atoms with Gasteiger partial charge in [0.15, 0.2) is 0 Å². The van der Waals surface area contributed by atoms with Gasteiger partial charge in [-0.05, 0) is 41.5 Å². The number of fused-ring (bicyclic) bond motifs is 1. The molecular formula is C24H19Cl2N3O3. The summed E-state index contributed by atoms with van der Waals surface area (Å²) in [6.07, 6.45) is 0. The zero-order valence-corrected chi connectivity index (χ0v) is 18.4. The van der Waals surface area contributed by atoms with E-state index in [1.165, 1.54) is 9.13 Å². The van der Waals surface area contributed by atoms with E-state index >= 15 is 0 Å². The Labute approximate surface area is 193 Å². The summed E-state index contributed by atoms with van der Waals surface area (Å²) in [4.78, 5) is 38.5. The molecule has 0 radical (unpaired) electrons. The quantitative estimate of drug-likeness (QED) is 0.437. The summed E-state index contributed by atoms with van der Waals surface area (Å²) in [5, 5.41) is 3.77. The summed E-state index contributed by atoms with van der Waals surface area (Å²) >= 11 is 12.0. The Bertz CT molecular complexity index is 1390. The van der Waals surface area contributed by atoms with Crippen molar-refractivity contribution in [3.63, 3.8) is 0 Å². The van der Waals surface area contributed by atoms with E-state index in [-0.39, 0.29) is 19.6 Å². The van der Waals surface area contributed by atoms with Crippen LogP contribution in [0.25, 0.3) is 11.0 Å². The molecule has 0 atom stereocenters. The van der Waals surface area contributed by atoms with E-state index in [1.54, 1.807) is 42.5 Å². The van der Waals surface area contributed by atoms with Crippen molar-refractivity contribution in [1.82, 2.24) is 14.5 Å². The molecule has 32 heavy (non-hydrogen) atoms. The number of nitrogens with one attached hydrogen (secondary N) is 1. The molecule has 8 heteroatoms. The molecule has 3 aromatic carbocycles. The first-order valence-corrected chi connectivity index (χ1v) is 10.7.